The molecule has 30 heavy (non-hydrogen) atoms. The van der Waals surface area contributed by atoms with Crippen LogP contribution in [0.4, 0.5) is 0 Å². The molecule has 0 radical (unpaired) electrons. The van der Waals surface area contributed by atoms with Gasteiger partial charge in [0.25, 0.3) is 0 Å². The van der Waals surface area contributed by atoms with E-state index in [2.05, 4.69) is 53.7 Å². The van der Waals surface area contributed by atoms with Gasteiger partial charge in [-0.25, -0.2) is 0 Å². The standard InChI is InChI=1S/C26H45O3P/c1-24(2,3)21-17-18-22(29-30(27)28)26(25(4,5)6,20-15-11-8-12-16-20)23(21)19-13-9-7-10-14-19/h17-20,22,27-28H,7-16H2,1-6H3. The van der Waals surface area contributed by atoms with Crippen molar-refractivity contribution in [3.8, 4) is 0 Å². The maximum Gasteiger partial charge on any atom is 0.327 e. The molecule has 0 aromatic rings. The molecule has 0 bridgehead atoms. The molecule has 172 valence electrons. The van der Waals surface area contributed by atoms with E-state index in [1.165, 1.54) is 69.8 Å². The fraction of sp³-hybridized carbons (Fsp3) is 0.846. The molecule has 2 N–H and O–H groups in total. The lowest BCUT2D eigenvalue weighted by molar-refractivity contribution is -0.0611. The predicted octanol–water partition coefficient (Wildman–Crippen LogP) is 7.69. The van der Waals surface area contributed by atoms with Gasteiger partial charge in [0.05, 0.1) is 6.10 Å². The fourth-order valence-electron chi connectivity index (χ4n) is 7.08. The number of allylic oxidation sites excluding steroid dienone is 2. The Balaban J connectivity index is 2.29. The molecule has 0 spiro atoms. The van der Waals surface area contributed by atoms with Crippen molar-refractivity contribution in [2.75, 3.05) is 0 Å². The molecule has 0 aliphatic heterocycles. The van der Waals surface area contributed by atoms with Crippen LogP contribution in [-0.4, -0.2) is 15.9 Å². The number of hydrogen-bond acceptors (Lipinski definition) is 3. The minimum absolute atomic E-state index is 0.0426. The summed E-state index contributed by atoms with van der Waals surface area (Å²) in [6, 6.07) is 0. The van der Waals surface area contributed by atoms with E-state index in [1.54, 1.807) is 5.57 Å². The monoisotopic (exact) mass is 436 g/mol. The Morgan fingerprint density at radius 2 is 1.40 bits per heavy atom. The quantitative estimate of drug-likeness (QED) is 0.444. The van der Waals surface area contributed by atoms with E-state index >= 15 is 0 Å². The zero-order valence-corrected chi connectivity index (χ0v) is 21.1. The Morgan fingerprint density at radius 1 is 0.867 bits per heavy atom. The molecule has 3 aliphatic rings. The van der Waals surface area contributed by atoms with Crippen molar-refractivity contribution in [1.82, 2.24) is 0 Å². The lowest BCUT2D eigenvalue weighted by atomic mass is 9.46. The van der Waals surface area contributed by atoms with Crippen molar-refractivity contribution in [2.45, 2.75) is 112 Å². The Bertz CT molecular complexity index is 640. The van der Waals surface area contributed by atoms with Gasteiger partial charge in [-0.3, -0.25) is 0 Å². The molecule has 0 aromatic carbocycles. The first kappa shape index (κ1) is 24.4. The van der Waals surface area contributed by atoms with Crippen LogP contribution in [0.2, 0.25) is 0 Å². The first-order chi connectivity index (χ1) is 14.0. The summed E-state index contributed by atoms with van der Waals surface area (Å²) in [6.45, 7) is 14.1. The summed E-state index contributed by atoms with van der Waals surface area (Å²) < 4.78 is 6.02. The molecule has 4 heteroatoms. The predicted molar refractivity (Wildman–Crippen MR) is 127 cm³/mol. The topological polar surface area (TPSA) is 49.7 Å². The van der Waals surface area contributed by atoms with Crippen molar-refractivity contribution in [3.05, 3.63) is 23.3 Å². The molecule has 3 aliphatic carbocycles. The van der Waals surface area contributed by atoms with Crippen molar-refractivity contribution in [3.63, 3.8) is 0 Å². The normalized spacial score (nSPS) is 30.4. The molecule has 0 aromatic heterocycles. The maximum absolute atomic E-state index is 9.97. The van der Waals surface area contributed by atoms with Gasteiger partial charge in [-0.05, 0) is 53.9 Å². The molecule has 2 saturated carbocycles. The third-order valence-electron chi connectivity index (χ3n) is 8.14. The molecular formula is C26H45O3P. The highest BCUT2D eigenvalue weighted by Gasteiger charge is 2.59. The van der Waals surface area contributed by atoms with Crippen LogP contribution in [0.3, 0.4) is 0 Å². The second-order valence-corrected chi connectivity index (χ2v) is 12.7. The van der Waals surface area contributed by atoms with E-state index in [1.807, 2.05) is 0 Å². The third-order valence-corrected chi connectivity index (χ3v) is 8.56. The molecule has 0 amide bonds. The van der Waals surface area contributed by atoms with Gasteiger partial charge in [-0.2, -0.15) is 0 Å². The molecule has 2 unspecified atom stereocenters. The molecule has 0 saturated heterocycles. The van der Waals surface area contributed by atoms with Crippen LogP contribution in [0.15, 0.2) is 23.3 Å². The van der Waals surface area contributed by atoms with Gasteiger partial charge in [-0.1, -0.05) is 97.8 Å². The van der Waals surface area contributed by atoms with Crippen LogP contribution in [0, 0.1) is 28.1 Å². The summed E-state index contributed by atoms with van der Waals surface area (Å²) in [4.78, 5) is 19.9. The summed E-state index contributed by atoms with van der Waals surface area (Å²) >= 11 is 0. The fourth-order valence-corrected chi connectivity index (χ4v) is 7.52. The van der Waals surface area contributed by atoms with E-state index in [0.29, 0.717) is 11.8 Å². The molecular weight excluding hydrogens is 391 g/mol. The van der Waals surface area contributed by atoms with Crippen molar-refractivity contribution < 1.29 is 14.3 Å². The minimum Gasteiger partial charge on any atom is -0.328 e. The van der Waals surface area contributed by atoms with Gasteiger partial charge in [0.15, 0.2) is 0 Å². The van der Waals surface area contributed by atoms with E-state index in [9.17, 15) is 9.79 Å². The van der Waals surface area contributed by atoms with Crippen molar-refractivity contribution in [2.24, 2.45) is 28.1 Å². The van der Waals surface area contributed by atoms with E-state index in [4.69, 9.17) is 4.52 Å². The van der Waals surface area contributed by atoms with Gasteiger partial charge in [0.1, 0.15) is 0 Å². The smallest absolute Gasteiger partial charge is 0.327 e. The van der Waals surface area contributed by atoms with Crippen LogP contribution in [0.25, 0.3) is 0 Å². The van der Waals surface area contributed by atoms with Crippen molar-refractivity contribution >= 4 is 8.60 Å². The van der Waals surface area contributed by atoms with E-state index < -0.39 is 8.60 Å². The van der Waals surface area contributed by atoms with Gasteiger partial charge >= 0.3 is 8.60 Å². The summed E-state index contributed by atoms with van der Waals surface area (Å²) in [5, 5.41) is 0. The second kappa shape index (κ2) is 9.34. The average molecular weight is 437 g/mol. The lowest BCUT2D eigenvalue weighted by Crippen LogP contribution is -2.56. The summed E-state index contributed by atoms with van der Waals surface area (Å²) in [5.41, 5.74) is 2.91. The van der Waals surface area contributed by atoms with Gasteiger partial charge < -0.3 is 14.3 Å². The number of hydrogen-bond donors (Lipinski definition) is 2. The highest BCUT2D eigenvalue weighted by Crippen LogP contribution is 2.65. The molecule has 2 atom stereocenters. The molecule has 3 rings (SSSR count). The third kappa shape index (κ3) is 4.61. The summed E-state index contributed by atoms with van der Waals surface area (Å²) in [6.07, 6.45) is 16.9. The zero-order chi connectivity index (χ0) is 22.2. The summed E-state index contributed by atoms with van der Waals surface area (Å²) in [5.74, 6) is 1.10. The van der Waals surface area contributed by atoms with Crippen LogP contribution in [0.5, 0.6) is 0 Å². The minimum atomic E-state index is -2.40. The molecule has 0 heterocycles. The van der Waals surface area contributed by atoms with Crippen LogP contribution < -0.4 is 0 Å². The first-order valence-corrected chi connectivity index (χ1v) is 13.4. The van der Waals surface area contributed by atoms with Crippen LogP contribution >= 0.6 is 8.60 Å². The summed E-state index contributed by atoms with van der Waals surface area (Å²) in [7, 11) is -2.40. The van der Waals surface area contributed by atoms with E-state index in [-0.39, 0.29) is 22.3 Å². The molecule has 3 nitrogen and oxygen atoms in total. The van der Waals surface area contributed by atoms with Crippen LogP contribution in [-0.2, 0) is 4.52 Å². The van der Waals surface area contributed by atoms with Gasteiger partial charge in [0.2, 0.25) is 0 Å². The van der Waals surface area contributed by atoms with Crippen LogP contribution in [0.1, 0.15) is 106 Å². The molecule has 2 fully saturated rings. The van der Waals surface area contributed by atoms with E-state index in [0.717, 1.165) is 0 Å². The van der Waals surface area contributed by atoms with Gasteiger partial charge in [0, 0.05) is 5.41 Å². The Kier molecular flexibility index (Phi) is 7.61. The Morgan fingerprint density at radius 3 is 1.87 bits per heavy atom. The largest absolute Gasteiger partial charge is 0.328 e. The SMILES string of the molecule is CC(C)(C)C1=C(C2CCCCC2)C(C2CCCCC2)(C(C)(C)C)C(OP(O)O)C=C1. The highest BCUT2D eigenvalue weighted by atomic mass is 31.2. The van der Waals surface area contributed by atoms with Gasteiger partial charge in [-0.15, -0.1) is 0 Å². The first-order valence-electron chi connectivity index (χ1n) is 12.3. The van der Waals surface area contributed by atoms with Crippen molar-refractivity contribution in [1.29, 1.82) is 0 Å². The zero-order valence-electron chi connectivity index (χ0n) is 20.2. The number of rotatable bonds is 4. The maximum atomic E-state index is 9.97. The lowest BCUT2D eigenvalue weighted by Gasteiger charge is -2.60. The average Bonchev–Trinajstić information content (AvgIpc) is 2.66. The second-order valence-electron chi connectivity index (χ2n) is 12.0. The Hall–Kier alpha value is -0.210. The Labute approximate surface area is 186 Å². The highest BCUT2D eigenvalue weighted by molar-refractivity contribution is 7.39.